The average Bonchev–Trinajstić information content (AvgIpc) is 3.20. The zero-order valence-electron chi connectivity index (χ0n) is 12.8. The van der Waals surface area contributed by atoms with Crippen molar-refractivity contribution >= 4 is 65.4 Å². The number of amides is 1. The molecule has 0 saturated carbocycles. The number of nitrogens with two attached hydrogens (primary N) is 1. The summed E-state index contributed by atoms with van der Waals surface area (Å²) in [6, 6.07) is 13.6. The van der Waals surface area contributed by atoms with Gasteiger partial charge < -0.3 is 15.7 Å². The summed E-state index contributed by atoms with van der Waals surface area (Å²) >= 11 is 6.71. The fraction of sp³-hybridized carbons (Fsp3) is 0. The second kappa shape index (κ2) is 7.25. The van der Waals surface area contributed by atoms with E-state index in [0.29, 0.717) is 10.9 Å². The predicted octanol–water partition coefficient (Wildman–Crippen LogP) is 4.53. The number of fused-ring (bicyclic) bond motifs is 2. The molecule has 126 valence electrons. The summed E-state index contributed by atoms with van der Waals surface area (Å²) in [7, 11) is 0. The van der Waals surface area contributed by atoms with E-state index >= 15 is 0 Å². The molecule has 2 aromatic heterocycles. The molecule has 0 unspecified atom stereocenters. The third-order valence-corrected chi connectivity index (χ3v) is 4.62. The van der Waals surface area contributed by atoms with Gasteiger partial charge in [0.15, 0.2) is 0 Å². The standard InChI is InChI=1S/C10H7BrN2O2.C8H6BrN/c11-5-1-2-6-7(9(14)10(12)15)4-13-8(6)3-5;9-7-2-1-6-3-4-10-8(6)5-7/h1-4,13H,(H2,12,15);1-5,10H. The van der Waals surface area contributed by atoms with Crippen LogP contribution in [0.25, 0.3) is 21.8 Å². The van der Waals surface area contributed by atoms with E-state index in [0.717, 1.165) is 14.5 Å². The topological polar surface area (TPSA) is 91.7 Å². The smallest absolute Gasteiger partial charge is 0.289 e. The largest absolute Gasteiger partial charge is 0.363 e. The number of aromatic nitrogens is 2. The minimum absolute atomic E-state index is 0.310. The Morgan fingerprint density at radius 2 is 1.56 bits per heavy atom. The summed E-state index contributed by atoms with van der Waals surface area (Å²) in [5.41, 5.74) is 7.21. The minimum Gasteiger partial charge on any atom is -0.363 e. The first-order valence-electron chi connectivity index (χ1n) is 7.29. The Hall–Kier alpha value is -2.38. The third-order valence-electron chi connectivity index (χ3n) is 3.63. The summed E-state index contributed by atoms with van der Waals surface area (Å²) in [6.07, 6.45) is 3.43. The number of hydrogen-bond acceptors (Lipinski definition) is 2. The van der Waals surface area contributed by atoms with Crippen molar-refractivity contribution in [2.75, 3.05) is 0 Å². The summed E-state index contributed by atoms with van der Waals surface area (Å²) in [5, 5.41) is 1.95. The van der Waals surface area contributed by atoms with Crippen LogP contribution in [0.5, 0.6) is 0 Å². The number of hydrogen-bond donors (Lipinski definition) is 3. The number of nitrogens with one attached hydrogen (secondary N) is 2. The summed E-state index contributed by atoms with van der Waals surface area (Å²) in [6.45, 7) is 0. The van der Waals surface area contributed by atoms with Crippen molar-refractivity contribution in [2.24, 2.45) is 5.73 Å². The van der Waals surface area contributed by atoms with Gasteiger partial charge in [-0.2, -0.15) is 0 Å². The van der Waals surface area contributed by atoms with Gasteiger partial charge in [0.1, 0.15) is 0 Å². The molecular formula is C18H13Br2N3O2. The van der Waals surface area contributed by atoms with Crippen molar-refractivity contribution in [1.29, 1.82) is 0 Å². The van der Waals surface area contributed by atoms with Crippen LogP contribution in [0.4, 0.5) is 0 Å². The Balaban J connectivity index is 0.000000157. The number of H-pyrrole nitrogens is 2. The molecule has 0 radical (unpaired) electrons. The Labute approximate surface area is 159 Å². The number of carbonyl (C=O) groups is 2. The second-order valence-electron chi connectivity index (χ2n) is 5.29. The monoisotopic (exact) mass is 461 g/mol. The molecule has 0 bridgehead atoms. The van der Waals surface area contributed by atoms with Gasteiger partial charge in [-0.05, 0) is 35.7 Å². The van der Waals surface area contributed by atoms with E-state index in [9.17, 15) is 9.59 Å². The average molecular weight is 463 g/mol. The number of benzene rings is 2. The van der Waals surface area contributed by atoms with Crippen LogP contribution in [0.1, 0.15) is 10.4 Å². The molecule has 2 heterocycles. The fourth-order valence-electron chi connectivity index (χ4n) is 2.44. The highest BCUT2D eigenvalue weighted by Gasteiger charge is 2.16. The van der Waals surface area contributed by atoms with Gasteiger partial charge in [-0.3, -0.25) is 9.59 Å². The molecule has 1 amide bonds. The van der Waals surface area contributed by atoms with Crippen molar-refractivity contribution in [3.05, 3.63) is 69.4 Å². The lowest BCUT2D eigenvalue weighted by molar-refractivity contribution is -0.114. The molecule has 2 aromatic carbocycles. The molecule has 0 aliphatic carbocycles. The van der Waals surface area contributed by atoms with E-state index in [4.69, 9.17) is 5.73 Å². The molecule has 25 heavy (non-hydrogen) atoms. The quantitative estimate of drug-likeness (QED) is 0.301. The van der Waals surface area contributed by atoms with E-state index in [1.54, 1.807) is 12.1 Å². The van der Waals surface area contributed by atoms with Crippen molar-refractivity contribution in [2.45, 2.75) is 0 Å². The highest BCUT2D eigenvalue weighted by molar-refractivity contribution is 9.10. The molecule has 0 fully saturated rings. The van der Waals surface area contributed by atoms with Gasteiger partial charge in [0.05, 0.1) is 5.56 Å². The van der Waals surface area contributed by atoms with Crippen LogP contribution in [0, 0.1) is 0 Å². The second-order valence-corrected chi connectivity index (χ2v) is 7.13. The normalized spacial score (nSPS) is 10.5. The Bertz CT molecular complexity index is 1080. The summed E-state index contributed by atoms with van der Waals surface area (Å²) in [4.78, 5) is 28.2. The SMILES string of the molecule is Brc1ccc2cc[nH]c2c1.NC(=O)C(=O)c1c[nH]c2cc(Br)ccc12. The number of halogens is 2. The van der Waals surface area contributed by atoms with Crippen LogP contribution in [-0.4, -0.2) is 21.7 Å². The summed E-state index contributed by atoms with van der Waals surface area (Å²) in [5.74, 6) is -1.62. The van der Waals surface area contributed by atoms with Crippen molar-refractivity contribution in [1.82, 2.24) is 9.97 Å². The molecular weight excluding hydrogens is 450 g/mol. The fourth-order valence-corrected chi connectivity index (χ4v) is 3.16. The van der Waals surface area contributed by atoms with Crippen molar-refractivity contribution in [3.63, 3.8) is 0 Å². The maximum absolute atomic E-state index is 11.4. The zero-order chi connectivity index (χ0) is 18.0. The molecule has 0 saturated heterocycles. The third kappa shape index (κ3) is 3.83. The molecule has 0 aliphatic heterocycles. The number of rotatable bonds is 2. The maximum Gasteiger partial charge on any atom is 0.289 e. The van der Waals surface area contributed by atoms with Gasteiger partial charge in [-0.15, -0.1) is 0 Å². The lowest BCUT2D eigenvalue weighted by Gasteiger charge is -1.94. The van der Waals surface area contributed by atoms with Crippen LogP contribution in [0.3, 0.4) is 0 Å². The number of Topliss-reactive ketones (excluding diaryl/α,β-unsaturated/α-hetero) is 1. The van der Waals surface area contributed by atoms with Crippen molar-refractivity contribution in [3.8, 4) is 0 Å². The molecule has 4 N–H and O–H groups in total. The van der Waals surface area contributed by atoms with Gasteiger partial charge >= 0.3 is 0 Å². The Morgan fingerprint density at radius 3 is 2.28 bits per heavy atom. The molecule has 0 spiro atoms. The van der Waals surface area contributed by atoms with Crippen LogP contribution >= 0.6 is 31.9 Å². The van der Waals surface area contributed by atoms with E-state index in [2.05, 4.69) is 60.0 Å². The van der Waals surface area contributed by atoms with Crippen LogP contribution < -0.4 is 5.73 Å². The lowest BCUT2D eigenvalue weighted by Crippen LogP contribution is -2.22. The zero-order valence-corrected chi connectivity index (χ0v) is 16.0. The summed E-state index contributed by atoms with van der Waals surface area (Å²) < 4.78 is 2.01. The van der Waals surface area contributed by atoms with Crippen LogP contribution in [0.15, 0.2) is 63.8 Å². The van der Waals surface area contributed by atoms with Gasteiger partial charge in [-0.25, -0.2) is 0 Å². The first-order chi connectivity index (χ1) is 12.0. The number of aromatic amines is 2. The molecule has 4 aromatic rings. The van der Waals surface area contributed by atoms with E-state index in [-0.39, 0.29) is 0 Å². The Morgan fingerprint density at radius 1 is 0.880 bits per heavy atom. The number of carbonyl (C=O) groups excluding carboxylic acids is 2. The molecule has 5 nitrogen and oxygen atoms in total. The minimum atomic E-state index is -0.946. The maximum atomic E-state index is 11.4. The van der Waals surface area contributed by atoms with E-state index in [1.165, 1.54) is 17.1 Å². The van der Waals surface area contributed by atoms with E-state index < -0.39 is 11.7 Å². The van der Waals surface area contributed by atoms with Gasteiger partial charge in [0.25, 0.3) is 11.7 Å². The highest BCUT2D eigenvalue weighted by atomic mass is 79.9. The van der Waals surface area contributed by atoms with Gasteiger partial charge in [0.2, 0.25) is 0 Å². The van der Waals surface area contributed by atoms with Crippen LogP contribution in [0.2, 0.25) is 0 Å². The first kappa shape index (κ1) is 17.4. The Kier molecular flexibility index (Phi) is 5.06. The molecule has 0 aliphatic rings. The van der Waals surface area contributed by atoms with Gasteiger partial charge in [0, 0.05) is 37.8 Å². The molecule has 7 heteroatoms. The molecule has 0 atom stereocenters. The van der Waals surface area contributed by atoms with Crippen molar-refractivity contribution < 1.29 is 9.59 Å². The first-order valence-corrected chi connectivity index (χ1v) is 8.87. The van der Waals surface area contributed by atoms with Gasteiger partial charge in [-0.1, -0.05) is 44.0 Å². The predicted molar refractivity (Wildman–Crippen MR) is 106 cm³/mol. The molecule has 4 rings (SSSR count). The van der Waals surface area contributed by atoms with Crippen LogP contribution in [-0.2, 0) is 4.79 Å². The lowest BCUT2D eigenvalue weighted by atomic mass is 10.1. The number of primary amides is 1. The highest BCUT2D eigenvalue weighted by Crippen LogP contribution is 2.22. The van der Waals surface area contributed by atoms with E-state index in [1.807, 2.05) is 18.3 Å². The number of ketones is 1.